The van der Waals surface area contributed by atoms with Crippen molar-refractivity contribution in [3.63, 3.8) is 0 Å². The number of hydrogen-bond donors (Lipinski definition) is 1. The van der Waals surface area contributed by atoms with Gasteiger partial charge < -0.3 is 9.73 Å². The molecule has 4 aromatic carbocycles. The van der Waals surface area contributed by atoms with Crippen LogP contribution in [0, 0.1) is 0 Å². The molecule has 5 aromatic rings. The second kappa shape index (κ2) is 5.74. The zero-order valence-corrected chi connectivity index (χ0v) is 13.9. The molecule has 0 aliphatic carbocycles. The number of nitrogens with one attached hydrogen (secondary N) is 1. The summed E-state index contributed by atoms with van der Waals surface area (Å²) in [4.78, 5) is 12.8. The van der Waals surface area contributed by atoms with Crippen LogP contribution in [-0.2, 0) is 0 Å². The van der Waals surface area contributed by atoms with Gasteiger partial charge in [-0.2, -0.15) is 0 Å². The third kappa shape index (κ3) is 2.33. The van der Waals surface area contributed by atoms with Gasteiger partial charge in [0.05, 0.1) is 0 Å². The molecule has 0 spiro atoms. The molecule has 0 saturated carbocycles. The Morgan fingerprint density at radius 3 is 2.35 bits per heavy atom. The standard InChI is InChI=1S/C23H15NO2/c25-23(20-10-5-7-15-6-1-2-8-17(15)20)24-16-12-13-19-18-9-3-4-11-21(18)26-22(19)14-16/h1-14H,(H,24,25). The Bertz CT molecular complexity index is 1280. The monoisotopic (exact) mass is 337 g/mol. The highest BCUT2D eigenvalue weighted by Gasteiger charge is 2.12. The predicted molar refractivity (Wildman–Crippen MR) is 106 cm³/mol. The van der Waals surface area contributed by atoms with Crippen molar-refractivity contribution in [3.8, 4) is 0 Å². The molecule has 1 amide bonds. The quantitative estimate of drug-likeness (QED) is 0.430. The molecule has 1 heterocycles. The lowest BCUT2D eigenvalue weighted by atomic mass is 10.0. The number of hydrogen-bond acceptors (Lipinski definition) is 2. The maximum Gasteiger partial charge on any atom is 0.256 e. The molecule has 0 radical (unpaired) electrons. The number of rotatable bonds is 2. The highest BCUT2D eigenvalue weighted by atomic mass is 16.3. The van der Waals surface area contributed by atoms with Crippen LogP contribution in [0.1, 0.15) is 10.4 Å². The van der Waals surface area contributed by atoms with Crippen LogP contribution in [0.3, 0.4) is 0 Å². The molecule has 124 valence electrons. The van der Waals surface area contributed by atoms with Crippen LogP contribution in [0.15, 0.2) is 89.3 Å². The molecule has 26 heavy (non-hydrogen) atoms. The van der Waals surface area contributed by atoms with Crippen molar-refractivity contribution in [2.24, 2.45) is 0 Å². The van der Waals surface area contributed by atoms with Crippen molar-refractivity contribution in [2.45, 2.75) is 0 Å². The summed E-state index contributed by atoms with van der Waals surface area (Å²) in [5, 5.41) is 7.10. The molecule has 0 atom stereocenters. The van der Waals surface area contributed by atoms with Gasteiger partial charge >= 0.3 is 0 Å². The normalized spacial score (nSPS) is 11.2. The van der Waals surface area contributed by atoms with E-state index in [4.69, 9.17) is 4.42 Å². The lowest BCUT2D eigenvalue weighted by Crippen LogP contribution is -2.12. The molecule has 0 aliphatic heterocycles. The molecule has 3 heteroatoms. The minimum atomic E-state index is -0.128. The summed E-state index contributed by atoms with van der Waals surface area (Å²) in [6.07, 6.45) is 0. The first-order valence-corrected chi connectivity index (χ1v) is 8.50. The van der Waals surface area contributed by atoms with Crippen molar-refractivity contribution >= 4 is 44.3 Å². The molecule has 0 aliphatic rings. The van der Waals surface area contributed by atoms with Crippen LogP contribution in [0.2, 0.25) is 0 Å². The fraction of sp³-hybridized carbons (Fsp3) is 0. The average molecular weight is 337 g/mol. The maximum atomic E-state index is 12.8. The minimum Gasteiger partial charge on any atom is -0.456 e. The molecule has 1 aromatic heterocycles. The van der Waals surface area contributed by atoms with Gasteiger partial charge in [-0.15, -0.1) is 0 Å². The van der Waals surface area contributed by atoms with Crippen molar-refractivity contribution in [3.05, 3.63) is 90.5 Å². The molecule has 1 N–H and O–H groups in total. The van der Waals surface area contributed by atoms with E-state index in [1.165, 1.54) is 0 Å². The fourth-order valence-corrected chi connectivity index (χ4v) is 3.43. The lowest BCUT2D eigenvalue weighted by Gasteiger charge is -2.08. The van der Waals surface area contributed by atoms with Crippen LogP contribution < -0.4 is 5.32 Å². The Morgan fingerprint density at radius 2 is 1.42 bits per heavy atom. The minimum absolute atomic E-state index is 0.128. The van der Waals surface area contributed by atoms with Gasteiger partial charge in [-0.3, -0.25) is 4.79 Å². The number of fused-ring (bicyclic) bond motifs is 4. The summed E-state index contributed by atoms with van der Waals surface area (Å²) in [7, 11) is 0. The first kappa shape index (κ1) is 14.7. The average Bonchev–Trinajstić information content (AvgIpc) is 3.05. The van der Waals surface area contributed by atoms with E-state index in [1.807, 2.05) is 84.9 Å². The number of carbonyl (C=O) groups is 1. The predicted octanol–water partition coefficient (Wildman–Crippen LogP) is 5.99. The van der Waals surface area contributed by atoms with E-state index in [0.717, 1.165) is 38.4 Å². The zero-order chi connectivity index (χ0) is 17.5. The summed E-state index contributed by atoms with van der Waals surface area (Å²) in [5.41, 5.74) is 2.99. The van der Waals surface area contributed by atoms with Crippen molar-refractivity contribution in [2.75, 3.05) is 5.32 Å². The Kier molecular flexibility index (Phi) is 3.25. The van der Waals surface area contributed by atoms with Crippen molar-refractivity contribution in [1.29, 1.82) is 0 Å². The van der Waals surface area contributed by atoms with E-state index in [2.05, 4.69) is 5.32 Å². The maximum absolute atomic E-state index is 12.8. The largest absolute Gasteiger partial charge is 0.456 e. The summed E-state index contributed by atoms with van der Waals surface area (Å²) in [5.74, 6) is -0.128. The molecule has 3 nitrogen and oxygen atoms in total. The number of amides is 1. The SMILES string of the molecule is O=C(Nc1ccc2c(c1)oc1ccccc12)c1cccc2ccccc12. The third-order valence-electron chi connectivity index (χ3n) is 4.67. The molecule has 0 bridgehead atoms. The Labute approximate surface area is 149 Å². The van der Waals surface area contributed by atoms with Gasteiger partial charge in [0.15, 0.2) is 0 Å². The summed E-state index contributed by atoms with van der Waals surface area (Å²) < 4.78 is 5.90. The van der Waals surface area contributed by atoms with E-state index in [0.29, 0.717) is 5.56 Å². The molecule has 5 rings (SSSR count). The van der Waals surface area contributed by atoms with Gasteiger partial charge in [0.2, 0.25) is 0 Å². The summed E-state index contributed by atoms with van der Waals surface area (Å²) in [6.45, 7) is 0. The second-order valence-corrected chi connectivity index (χ2v) is 6.29. The zero-order valence-electron chi connectivity index (χ0n) is 13.9. The van der Waals surface area contributed by atoms with E-state index in [-0.39, 0.29) is 5.91 Å². The number of anilines is 1. The van der Waals surface area contributed by atoms with Gasteiger partial charge in [0, 0.05) is 28.1 Å². The second-order valence-electron chi connectivity index (χ2n) is 6.29. The molecule has 0 unspecified atom stereocenters. The molecule has 0 fully saturated rings. The van der Waals surface area contributed by atoms with Gasteiger partial charge in [0.1, 0.15) is 11.2 Å². The Morgan fingerprint density at radius 1 is 0.692 bits per heavy atom. The van der Waals surface area contributed by atoms with Crippen LogP contribution >= 0.6 is 0 Å². The van der Waals surface area contributed by atoms with Crippen molar-refractivity contribution < 1.29 is 9.21 Å². The lowest BCUT2D eigenvalue weighted by molar-refractivity contribution is 0.102. The smallest absolute Gasteiger partial charge is 0.256 e. The van der Waals surface area contributed by atoms with E-state index in [9.17, 15) is 4.79 Å². The highest BCUT2D eigenvalue weighted by Crippen LogP contribution is 2.30. The number of para-hydroxylation sites is 1. The van der Waals surface area contributed by atoms with Crippen molar-refractivity contribution in [1.82, 2.24) is 0 Å². The molecule has 0 saturated heterocycles. The van der Waals surface area contributed by atoms with Gasteiger partial charge in [-0.1, -0.05) is 54.6 Å². The van der Waals surface area contributed by atoms with Crippen LogP contribution in [0.5, 0.6) is 0 Å². The van der Waals surface area contributed by atoms with E-state index < -0.39 is 0 Å². The van der Waals surface area contributed by atoms with Gasteiger partial charge in [-0.25, -0.2) is 0 Å². The van der Waals surface area contributed by atoms with Gasteiger partial charge in [-0.05, 0) is 35.0 Å². The molecular formula is C23H15NO2. The third-order valence-corrected chi connectivity index (χ3v) is 4.67. The number of benzene rings is 4. The van der Waals surface area contributed by atoms with E-state index >= 15 is 0 Å². The van der Waals surface area contributed by atoms with Gasteiger partial charge in [0.25, 0.3) is 5.91 Å². The van der Waals surface area contributed by atoms with Crippen LogP contribution in [0.25, 0.3) is 32.7 Å². The first-order chi connectivity index (χ1) is 12.8. The summed E-state index contributed by atoms with van der Waals surface area (Å²) in [6, 6.07) is 27.3. The first-order valence-electron chi connectivity index (χ1n) is 8.50. The fourth-order valence-electron chi connectivity index (χ4n) is 3.43. The Balaban J connectivity index is 1.54. The molecular weight excluding hydrogens is 322 g/mol. The topological polar surface area (TPSA) is 42.2 Å². The highest BCUT2D eigenvalue weighted by molar-refractivity contribution is 6.14. The summed E-state index contributed by atoms with van der Waals surface area (Å²) >= 11 is 0. The number of furan rings is 1. The van der Waals surface area contributed by atoms with Crippen LogP contribution in [0.4, 0.5) is 5.69 Å². The Hall–Kier alpha value is -3.59. The van der Waals surface area contributed by atoms with Crippen LogP contribution in [-0.4, -0.2) is 5.91 Å². The van der Waals surface area contributed by atoms with E-state index in [1.54, 1.807) is 0 Å². The number of carbonyl (C=O) groups excluding carboxylic acids is 1.